The van der Waals surface area contributed by atoms with E-state index in [1.165, 1.54) is 23.5 Å². The zero-order valence-electron chi connectivity index (χ0n) is 11.6. The lowest BCUT2D eigenvalue weighted by Gasteiger charge is -2.06. The van der Waals surface area contributed by atoms with Crippen molar-refractivity contribution in [3.05, 3.63) is 64.9 Å². The van der Waals surface area contributed by atoms with Gasteiger partial charge in [0.15, 0.2) is 0 Å². The van der Waals surface area contributed by atoms with Crippen LogP contribution >= 0.6 is 11.3 Å². The molecule has 0 saturated carbocycles. The van der Waals surface area contributed by atoms with Crippen LogP contribution in [0.4, 0.5) is 4.39 Å². The van der Waals surface area contributed by atoms with Crippen LogP contribution in [0.15, 0.2) is 48.5 Å². The maximum atomic E-state index is 13.5. The fourth-order valence-corrected chi connectivity index (χ4v) is 3.25. The second-order valence-corrected chi connectivity index (χ2v) is 5.90. The second kappa shape index (κ2) is 5.76. The number of nitrogens with two attached hydrogens (primary N) is 1. The Bertz CT molecular complexity index is 780. The van der Waals surface area contributed by atoms with E-state index in [2.05, 4.69) is 4.98 Å². The first-order valence-corrected chi connectivity index (χ1v) is 7.52. The van der Waals surface area contributed by atoms with Gasteiger partial charge in [-0.2, -0.15) is 0 Å². The summed E-state index contributed by atoms with van der Waals surface area (Å²) in [5, 5.41) is 0.854. The highest BCUT2D eigenvalue weighted by atomic mass is 32.1. The van der Waals surface area contributed by atoms with Crippen molar-refractivity contribution in [2.75, 3.05) is 0 Å². The lowest BCUT2D eigenvalue weighted by atomic mass is 10.0. The van der Waals surface area contributed by atoms with Gasteiger partial charge in [0.25, 0.3) is 0 Å². The van der Waals surface area contributed by atoms with Gasteiger partial charge in [-0.15, -0.1) is 11.3 Å². The maximum absolute atomic E-state index is 13.5. The molecule has 0 spiro atoms. The number of halogens is 1. The SMILES string of the molecule is Cc1ccccc1-c1nc(CN)sc1-c1cccc(F)c1. The van der Waals surface area contributed by atoms with Gasteiger partial charge in [-0.3, -0.25) is 0 Å². The van der Waals surface area contributed by atoms with Gasteiger partial charge in [-0.1, -0.05) is 36.4 Å². The smallest absolute Gasteiger partial charge is 0.123 e. The number of aryl methyl sites for hydroxylation is 1. The third-order valence-electron chi connectivity index (χ3n) is 3.33. The van der Waals surface area contributed by atoms with Crippen molar-refractivity contribution in [1.82, 2.24) is 4.98 Å². The van der Waals surface area contributed by atoms with Crippen molar-refractivity contribution in [1.29, 1.82) is 0 Å². The fraction of sp³-hybridized carbons (Fsp3) is 0.118. The van der Waals surface area contributed by atoms with Crippen LogP contribution in [0, 0.1) is 12.7 Å². The number of hydrogen-bond acceptors (Lipinski definition) is 3. The Morgan fingerprint density at radius 1 is 1.14 bits per heavy atom. The van der Waals surface area contributed by atoms with Crippen molar-refractivity contribution in [3.63, 3.8) is 0 Å². The Labute approximate surface area is 127 Å². The molecule has 0 aliphatic carbocycles. The molecule has 2 N–H and O–H groups in total. The molecule has 0 aliphatic rings. The largest absolute Gasteiger partial charge is 0.325 e. The normalized spacial score (nSPS) is 10.8. The minimum absolute atomic E-state index is 0.245. The Morgan fingerprint density at radius 3 is 2.67 bits per heavy atom. The van der Waals surface area contributed by atoms with Gasteiger partial charge < -0.3 is 5.73 Å². The zero-order valence-corrected chi connectivity index (χ0v) is 12.5. The van der Waals surface area contributed by atoms with E-state index in [1.54, 1.807) is 6.07 Å². The molecule has 0 radical (unpaired) electrons. The summed E-state index contributed by atoms with van der Waals surface area (Å²) in [5.41, 5.74) is 9.65. The van der Waals surface area contributed by atoms with Crippen LogP contribution in [-0.2, 0) is 6.54 Å². The van der Waals surface area contributed by atoms with Gasteiger partial charge in [0.1, 0.15) is 10.8 Å². The third-order valence-corrected chi connectivity index (χ3v) is 4.46. The molecule has 106 valence electrons. The average molecular weight is 298 g/mol. The summed E-state index contributed by atoms with van der Waals surface area (Å²) in [6.45, 7) is 2.44. The Morgan fingerprint density at radius 2 is 1.95 bits per heavy atom. The summed E-state index contributed by atoms with van der Waals surface area (Å²) in [6, 6.07) is 14.7. The highest BCUT2D eigenvalue weighted by molar-refractivity contribution is 7.15. The molecule has 0 aliphatic heterocycles. The van der Waals surface area contributed by atoms with E-state index in [1.807, 2.05) is 37.3 Å². The summed E-state index contributed by atoms with van der Waals surface area (Å²) in [4.78, 5) is 5.60. The first-order valence-electron chi connectivity index (χ1n) is 6.70. The molecule has 1 aromatic heterocycles. The zero-order chi connectivity index (χ0) is 14.8. The van der Waals surface area contributed by atoms with E-state index in [0.29, 0.717) is 6.54 Å². The lowest BCUT2D eigenvalue weighted by molar-refractivity contribution is 0.628. The Kier molecular flexibility index (Phi) is 3.82. The molecule has 0 saturated heterocycles. The molecule has 2 aromatic carbocycles. The van der Waals surface area contributed by atoms with Crippen molar-refractivity contribution >= 4 is 11.3 Å². The molecular formula is C17H15FN2S. The number of thiazole rings is 1. The highest BCUT2D eigenvalue weighted by Gasteiger charge is 2.16. The Hall–Kier alpha value is -2.04. The summed E-state index contributed by atoms with van der Waals surface area (Å²) in [5.74, 6) is -0.245. The minimum atomic E-state index is -0.245. The number of rotatable bonds is 3. The van der Waals surface area contributed by atoms with Gasteiger partial charge >= 0.3 is 0 Å². The van der Waals surface area contributed by atoms with Gasteiger partial charge in [0.05, 0.1) is 10.6 Å². The van der Waals surface area contributed by atoms with Gasteiger partial charge in [0, 0.05) is 12.1 Å². The molecule has 21 heavy (non-hydrogen) atoms. The minimum Gasteiger partial charge on any atom is -0.325 e. The van der Waals surface area contributed by atoms with Gasteiger partial charge in [-0.05, 0) is 30.2 Å². The van der Waals surface area contributed by atoms with E-state index in [-0.39, 0.29) is 5.82 Å². The summed E-state index contributed by atoms with van der Waals surface area (Å²) >= 11 is 1.52. The predicted molar refractivity (Wildman–Crippen MR) is 85.6 cm³/mol. The van der Waals surface area contributed by atoms with Crippen LogP contribution in [0.5, 0.6) is 0 Å². The van der Waals surface area contributed by atoms with Crippen molar-refractivity contribution in [2.24, 2.45) is 5.73 Å². The average Bonchev–Trinajstić information content (AvgIpc) is 2.92. The van der Waals surface area contributed by atoms with Gasteiger partial charge in [0.2, 0.25) is 0 Å². The molecule has 0 amide bonds. The van der Waals surface area contributed by atoms with Crippen LogP contribution in [0.3, 0.4) is 0 Å². The van der Waals surface area contributed by atoms with Crippen LogP contribution in [-0.4, -0.2) is 4.98 Å². The molecule has 0 fully saturated rings. The first-order chi connectivity index (χ1) is 10.2. The van der Waals surface area contributed by atoms with Crippen molar-refractivity contribution < 1.29 is 4.39 Å². The monoisotopic (exact) mass is 298 g/mol. The van der Waals surface area contributed by atoms with E-state index in [9.17, 15) is 4.39 Å². The molecule has 3 rings (SSSR count). The fourth-order valence-electron chi connectivity index (χ4n) is 2.30. The highest BCUT2D eigenvalue weighted by Crippen LogP contribution is 2.38. The molecule has 2 nitrogen and oxygen atoms in total. The first kappa shape index (κ1) is 13.9. The topological polar surface area (TPSA) is 38.9 Å². The summed E-state index contributed by atoms with van der Waals surface area (Å²) < 4.78 is 13.5. The number of nitrogens with zero attached hydrogens (tertiary/aromatic N) is 1. The number of hydrogen-bond donors (Lipinski definition) is 1. The molecule has 3 aromatic rings. The van der Waals surface area contributed by atoms with E-state index >= 15 is 0 Å². The summed E-state index contributed by atoms with van der Waals surface area (Å²) in [6.07, 6.45) is 0. The molecule has 0 bridgehead atoms. The van der Waals surface area contributed by atoms with Crippen LogP contribution in [0.25, 0.3) is 21.7 Å². The van der Waals surface area contributed by atoms with Crippen molar-refractivity contribution in [3.8, 4) is 21.7 Å². The predicted octanol–water partition coefficient (Wildman–Crippen LogP) is 4.38. The molecule has 0 atom stereocenters. The Balaban J connectivity index is 2.21. The van der Waals surface area contributed by atoms with E-state index < -0.39 is 0 Å². The van der Waals surface area contributed by atoms with Crippen LogP contribution in [0.1, 0.15) is 10.6 Å². The van der Waals surface area contributed by atoms with Crippen LogP contribution in [0.2, 0.25) is 0 Å². The quantitative estimate of drug-likeness (QED) is 0.779. The molecule has 0 unspecified atom stereocenters. The molecular weight excluding hydrogens is 283 g/mol. The van der Waals surface area contributed by atoms with Gasteiger partial charge in [-0.25, -0.2) is 9.37 Å². The lowest BCUT2D eigenvalue weighted by Crippen LogP contribution is -1.94. The second-order valence-electron chi connectivity index (χ2n) is 4.81. The summed E-state index contributed by atoms with van der Waals surface area (Å²) in [7, 11) is 0. The number of benzene rings is 2. The third kappa shape index (κ3) is 2.73. The van der Waals surface area contributed by atoms with Crippen molar-refractivity contribution in [2.45, 2.75) is 13.5 Å². The van der Waals surface area contributed by atoms with Crippen LogP contribution < -0.4 is 5.73 Å². The number of aromatic nitrogens is 1. The molecule has 4 heteroatoms. The standard InChI is InChI=1S/C17H15FN2S/c1-11-5-2-3-8-14(11)16-17(21-15(10-19)20-16)12-6-4-7-13(18)9-12/h2-9H,10,19H2,1H3. The van der Waals surface area contributed by atoms with E-state index in [4.69, 9.17) is 5.73 Å². The molecule has 1 heterocycles. The van der Waals surface area contributed by atoms with E-state index in [0.717, 1.165) is 32.3 Å². The maximum Gasteiger partial charge on any atom is 0.123 e.